The minimum absolute atomic E-state index is 0.611. The molecule has 1 atom stereocenters. The van der Waals surface area contributed by atoms with Crippen LogP contribution in [0.2, 0.25) is 0 Å². The first-order valence-corrected chi connectivity index (χ1v) is 3.27. The molecule has 0 aromatic rings. The van der Waals surface area contributed by atoms with Crippen LogP contribution in [0.1, 0.15) is 6.92 Å². The van der Waals surface area contributed by atoms with Crippen molar-refractivity contribution in [3.63, 3.8) is 0 Å². The van der Waals surface area contributed by atoms with Crippen LogP contribution in [0.4, 0.5) is 0 Å². The van der Waals surface area contributed by atoms with E-state index < -0.39 is 0 Å². The maximum atomic E-state index is 2.20. The Bertz CT molecular complexity index is 154. The first kappa shape index (κ1) is 6.40. The van der Waals surface area contributed by atoms with Crippen molar-refractivity contribution in [2.45, 2.75) is 6.92 Å². The second-order valence-electron chi connectivity index (χ2n) is 2.66. The van der Waals surface area contributed by atoms with Crippen molar-refractivity contribution in [1.82, 2.24) is 4.90 Å². The molecule has 1 unspecified atom stereocenters. The Labute approximate surface area is 56.7 Å². The molecule has 1 aliphatic carbocycles. The summed E-state index contributed by atoms with van der Waals surface area (Å²) in [5.74, 6) is 0.611. The number of hydrogen-bond acceptors (Lipinski definition) is 1. The third kappa shape index (κ3) is 1.15. The summed E-state index contributed by atoms with van der Waals surface area (Å²) in [4.78, 5) is 2.16. The minimum atomic E-state index is 0.611. The molecule has 0 fully saturated rings. The first-order chi connectivity index (χ1) is 4.22. The lowest BCUT2D eigenvalue weighted by Crippen LogP contribution is -2.14. The van der Waals surface area contributed by atoms with Gasteiger partial charge in [-0.15, -0.1) is 0 Å². The molecule has 0 saturated carbocycles. The molecule has 0 N–H and O–H groups in total. The van der Waals surface area contributed by atoms with Crippen LogP contribution >= 0.6 is 0 Å². The van der Waals surface area contributed by atoms with Gasteiger partial charge in [-0.3, -0.25) is 0 Å². The quantitative estimate of drug-likeness (QED) is 0.512. The molecule has 0 amide bonds. The van der Waals surface area contributed by atoms with Crippen LogP contribution in [-0.4, -0.2) is 19.0 Å². The topological polar surface area (TPSA) is 3.24 Å². The zero-order valence-corrected chi connectivity index (χ0v) is 6.26. The Morgan fingerprint density at radius 2 is 2.11 bits per heavy atom. The van der Waals surface area contributed by atoms with Gasteiger partial charge < -0.3 is 4.90 Å². The van der Waals surface area contributed by atoms with E-state index in [1.54, 1.807) is 0 Å². The smallest absolute Gasteiger partial charge is 0.0194 e. The van der Waals surface area contributed by atoms with Gasteiger partial charge in [-0.25, -0.2) is 0 Å². The van der Waals surface area contributed by atoms with Crippen molar-refractivity contribution in [3.8, 4) is 0 Å². The highest BCUT2D eigenvalue weighted by atomic mass is 15.1. The summed E-state index contributed by atoms with van der Waals surface area (Å²) in [5.41, 5.74) is 1.40. The van der Waals surface area contributed by atoms with Crippen molar-refractivity contribution in [3.05, 3.63) is 23.9 Å². The summed E-state index contributed by atoms with van der Waals surface area (Å²) >= 11 is 0. The molecule has 0 spiro atoms. The monoisotopic (exact) mass is 123 g/mol. The fraction of sp³-hybridized carbons (Fsp3) is 0.500. The summed E-state index contributed by atoms with van der Waals surface area (Å²) in [7, 11) is 4.16. The lowest BCUT2D eigenvalue weighted by Gasteiger charge is -2.17. The Kier molecular flexibility index (Phi) is 1.60. The van der Waals surface area contributed by atoms with Crippen LogP contribution in [0.15, 0.2) is 23.9 Å². The van der Waals surface area contributed by atoms with Crippen LogP contribution in [0.25, 0.3) is 0 Å². The van der Waals surface area contributed by atoms with Gasteiger partial charge in [0.15, 0.2) is 0 Å². The normalized spacial score (nSPS) is 24.3. The Balaban J connectivity index is 2.64. The van der Waals surface area contributed by atoms with Crippen LogP contribution < -0.4 is 0 Å². The van der Waals surface area contributed by atoms with Gasteiger partial charge >= 0.3 is 0 Å². The highest BCUT2D eigenvalue weighted by Gasteiger charge is 2.09. The fourth-order valence-corrected chi connectivity index (χ4v) is 1.13. The average Bonchev–Trinajstić information content (AvgIpc) is 2.13. The Morgan fingerprint density at radius 3 is 2.33 bits per heavy atom. The van der Waals surface area contributed by atoms with E-state index in [4.69, 9.17) is 0 Å². The molecule has 9 heavy (non-hydrogen) atoms. The van der Waals surface area contributed by atoms with Gasteiger partial charge in [-0.2, -0.15) is 0 Å². The molecular weight excluding hydrogens is 110 g/mol. The van der Waals surface area contributed by atoms with Crippen molar-refractivity contribution in [1.29, 1.82) is 0 Å². The van der Waals surface area contributed by atoms with Gasteiger partial charge in [0.1, 0.15) is 0 Å². The van der Waals surface area contributed by atoms with Gasteiger partial charge in [0.2, 0.25) is 0 Å². The highest BCUT2D eigenvalue weighted by Crippen LogP contribution is 2.19. The van der Waals surface area contributed by atoms with Gasteiger partial charge in [0.25, 0.3) is 0 Å². The molecule has 1 rings (SSSR count). The number of rotatable bonds is 1. The van der Waals surface area contributed by atoms with Crippen molar-refractivity contribution >= 4 is 0 Å². The van der Waals surface area contributed by atoms with Crippen LogP contribution in [0.3, 0.4) is 0 Å². The van der Waals surface area contributed by atoms with Crippen molar-refractivity contribution in [2.24, 2.45) is 5.92 Å². The molecule has 0 aliphatic heterocycles. The standard InChI is InChI=1S/C8H13N/c1-7-5-4-6-8(7)9(2)3/h4-7H,1-3H3. The summed E-state index contributed by atoms with van der Waals surface area (Å²) in [6.07, 6.45) is 6.47. The van der Waals surface area contributed by atoms with E-state index in [9.17, 15) is 0 Å². The van der Waals surface area contributed by atoms with Gasteiger partial charge in [-0.1, -0.05) is 19.1 Å². The van der Waals surface area contributed by atoms with Gasteiger partial charge in [0.05, 0.1) is 0 Å². The van der Waals surface area contributed by atoms with Crippen molar-refractivity contribution < 1.29 is 0 Å². The van der Waals surface area contributed by atoms with Crippen LogP contribution in [0.5, 0.6) is 0 Å². The van der Waals surface area contributed by atoms with E-state index in [0.717, 1.165) is 0 Å². The SMILES string of the molecule is CC1C=CC=C1N(C)C. The molecule has 1 heteroatoms. The van der Waals surface area contributed by atoms with E-state index >= 15 is 0 Å². The highest BCUT2D eigenvalue weighted by molar-refractivity contribution is 5.24. The lowest BCUT2D eigenvalue weighted by atomic mass is 10.1. The summed E-state index contributed by atoms with van der Waals surface area (Å²) in [6, 6.07) is 0. The molecule has 1 aliphatic rings. The number of allylic oxidation sites excluding steroid dienone is 3. The van der Waals surface area contributed by atoms with Gasteiger partial charge in [0, 0.05) is 25.7 Å². The van der Waals surface area contributed by atoms with Crippen LogP contribution in [0, 0.1) is 5.92 Å². The zero-order chi connectivity index (χ0) is 6.85. The van der Waals surface area contributed by atoms with E-state index in [1.807, 2.05) is 0 Å². The fourth-order valence-electron chi connectivity index (χ4n) is 1.13. The summed E-state index contributed by atoms with van der Waals surface area (Å²) in [5, 5.41) is 0. The van der Waals surface area contributed by atoms with E-state index in [2.05, 4.69) is 44.1 Å². The minimum Gasteiger partial charge on any atom is -0.380 e. The maximum absolute atomic E-state index is 2.20. The van der Waals surface area contributed by atoms with E-state index in [1.165, 1.54) is 5.70 Å². The molecule has 0 heterocycles. The summed E-state index contributed by atoms with van der Waals surface area (Å²) < 4.78 is 0. The lowest BCUT2D eigenvalue weighted by molar-refractivity contribution is 0.468. The second kappa shape index (κ2) is 2.26. The third-order valence-corrected chi connectivity index (χ3v) is 1.65. The molecule has 0 saturated heterocycles. The Hall–Kier alpha value is -0.720. The van der Waals surface area contributed by atoms with E-state index in [0.29, 0.717) is 5.92 Å². The number of hydrogen-bond donors (Lipinski definition) is 0. The van der Waals surface area contributed by atoms with Gasteiger partial charge in [-0.05, 0) is 6.08 Å². The first-order valence-electron chi connectivity index (χ1n) is 3.27. The maximum Gasteiger partial charge on any atom is 0.0194 e. The zero-order valence-electron chi connectivity index (χ0n) is 6.26. The van der Waals surface area contributed by atoms with Crippen LogP contribution in [-0.2, 0) is 0 Å². The molecule has 0 bridgehead atoms. The van der Waals surface area contributed by atoms with E-state index in [-0.39, 0.29) is 0 Å². The molecule has 0 radical (unpaired) electrons. The summed E-state index contributed by atoms with van der Waals surface area (Å²) in [6.45, 7) is 2.20. The molecular formula is C8H13N. The predicted octanol–water partition coefficient (Wildman–Crippen LogP) is 1.64. The number of nitrogens with zero attached hydrogens (tertiary/aromatic N) is 1. The average molecular weight is 123 g/mol. The molecule has 0 aromatic heterocycles. The molecule has 1 nitrogen and oxygen atoms in total. The van der Waals surface area contributed by atoms with Crippen molar-refractivity contribution in [2.75, 3.05) is 14.1 Å². The third-order valence-electron chi connectivity index (χ3n) is 1.65. The predicted molar refractivity (Wildman–Crippen MR) is 40.1 cm³/mol. The molecule has 50 valence electrons. The largest absolute Gasteiger partial charge is 0.380 e. The Morgan fingerprint density at radius 1 is 1.44 bits per heavy atom. The molecule has 0 aromatic carbocycles. The second-order valence-corrected chi connectivity index (χ2v) is 2.66.